The van der Waals surface area contributed by atoms with Gasteiger partial charge in [0.1, 0.15) is 0 Å². The predicted octanol–water partition coefficient (Wildman–Crippen LogP) is 4.01. The predicted molar refractivity (Wildman–Crippen MR) is 102 cm³/mol. The third-order valence-electron chi connectivity index (χ3n) is 4.13. The van der Waals surface area contributed by atoms with Crippen LogP contribution < -0.4 is 10.6 Å². The van der Waals surface area contributed by atoms with Crippen molar-refractivity contribution >= 4 is 33.6 Å². The minimum absolute atomic E-state index is 0.0615. The first-order valence-electron chi connectivity index (χ1n) is 8.30. The first-order chi connectivity index (χ1) is 12.1. The molecule has 0 radical (unpaired) electrons. The highest BCUT2D eigenvalue weighted by Gasteiger charge is 2.17. The maximum atomic E-state index is 12.2. The van der Waals surface area contributed by atoms with E-state index in [2.05, 4.69) is 26.6 Å². The van der Waals surface area contributed by atoms with Gasteiger partial charge in [-0.15, -0.1) is 0 Å². The van der Waals surface area contributed by atoms with Crippen LogP contribution in [-0.2, 0) is 6.54 Å². The fraction of sp³-hybridized carbons (Fsp3) is 0.263. The molecule has 0 unspecified atom stereocenters. The molecular weight excluding hydrogens is 382 g/mol. The number of nitrogens with zero attached hydrogens (tertiary/aromatic N) is 1. The number of hydrogen-bond donors (Lipinski definition) is 2. The lowest BCUT2D eigenvalue weighted by molar-refractivity contribution is 0.0951. The Hall–Kier alpha value is -2.34. The number of carbonyl (C=O) groups excluding carboxylic acids is 2. The molecule has 1 fully saturated rings. The van der Waals surface area contributed by atoms with E-state index in [-0.39, 0.29) is 11.9 Å². The van der Waals surface area contributed by atoms with Gasteiger partial charge in [0, 0.05) is 35.4 Å². The zero-order valence-electron chi connectivity index (χ0n) is 13.8. The van der Waals surface area contributed by atoms with Gasteiger partial charge in [0.25, 0.3) is 5.91 Å². The van der Waals surface area contributed by atoms with Crippen LogP contribution in [0.4, 0.5) is 10.5 Å². The van der Waals surface area contributed by atoms with Crippen molar-refractivity contribution in [1.82, 2.24) is 10.2 Å². The van der Waals surface area contributed by atoms with Gasteiger partial charge in [0.2, 0.25) is 0 Å². The third kappa shape index (κ3) is 4.82. The molecule has 1 aliphatic heterocycles. The first kappa shape index (κ1) is 17.5. The van der Waals surface area contributed by atoms with Crippen molar-refractivity contribution in [3.05, 3.63) is 64.1 Å². The number of anilines is 1. The Morgan fingerprint density at radius 3 is 2.48 bits per heavy atom. The van der Waals surface area contributed by atoms with E-state index >= 15 is 0 Å². The highest BCUT2D eigenvalue weighted by Crippen LogP contribution is 2.15. The van der Waals surface area contributed by atoms with Crippen LogP contribution in [0.5, 0.6) is 0 Å². The number of amides is 3. The SMILES string of the molecule is O=C(NCc1cccc(NC(=O)N2CCCC2)c1)c1ccc(Br)cc1. The summed E-state index contributed by atoms with van der Waals surface area (Å²) in [5.74, 6) is -0.126. The van der Waals surface area contributed by atoms with Crippen molar-refractivity contribution in [2.75, 3.05) is 18.4 Å². The average molecular weight is 402 g/mol. The maximum absolute atomic E-state index is 12.2. The van der Waals surface area contributed by atoms with Crippen molar-refractivity contribution in [3.8, 4) is 0 Å². The second-order valence-corrected chi connectivity index (χ2v) is 6.93. The summed E-state index contributed by atoms with van der Waals surface area (Å²) in [6, 6.07) is 14.7. The Morgan fingerprint density at radius 2 is 1.76 bits per heavy atom. The molecule has 3 amide bonds. The van der Waals surface area contributed by atoms with Crippen molar-refractivity contribution in [3.63, 3.8) is 0 Å². The van der Waals surface area contributed by atoms with Crippen LogP contribution >= 0.6 is 15.9 Å². The molecule has 1 heterocycles. The van der Waals surface area contributed by atoms with Crippen molar-refractivity contribution < 1.29 is 9.59 Å². The van der Waals surface area contributed by atoms with E-state index < -0.39 is 0 Å². The van der Waals surface area contributed by atoms with E-state index in [9.17, 15) is 9.59 Å². The number of nitrogens with one attached hydrogen (secondary N) is 2. The molecule has 0 spiro atoms. The smallest absolute Gasteiger partial charge is 0.321 e. The van der Waals surface area contributed by atoms with E-state index in [1.54, 1.807) is 12.1 Å². The van der Waals surface area contributed by atoms with Gasteiger partial charge in [0.05, 0.1) is 0 Å². The first-order valence-corrected chi connectivity index (χ1v) is 9.10. The van der Waals surface area contributed by atoms with Crippen LogP contribution in [0.2, 0.25) is 0 Å². The Kier molecular flexibility index (Phi) is 5.71. The van der Waals surface area contributed by atoms with Crippen LogP contribution in [-0.4, -0.2) is 29.9 Å². The molecule has 2 aromatic rings. The summed E-state index contributed by atoms with van der Waals surface area (Å²) in [5.41, 5.74) is 2.29. The van der Waals surface area contributed by atoms with E-state index in [1.807, 2.05) is 41.3 Å². The fourth-order valence-corrected chi connectivity index (χ4v) is 3.03. The Balaban J connectivity index is 1.56. The Morgan fingerprint density at radius 1 is 1.04 bits per heavy atom. The number of benzene rings is 2. The van der Waals surface area contributed by atoms with Crippen molar-refractivity contribution in [1.29, 1.82) is 0 Å². The zero-order chi connectivity index (χ0) is 17.6. The monoisotopic (exact) mass is 401 g/mol. The number of urea groups is 1. The number of likely N-dealkylation sites (tertiary alicyclic amines) is 1. The molecule has 0 aromatic heterocycles. The van der Waals surface area contributed by atoms with Gasteiger partial charge in [-0.3, -0.25) is 4.79 Å². The normalized spacial score (nSPS) is 13.6. The number of carbonyl (C=O) groups is 2. The molecule has 1 saturated heterocycles. The van der Waals surface area contributed by atoms with E-state index in [0.29, 0.717) is 12.1 Å². The lowest BCUT2D eigenvalue weighted by atomic mass is 10.1. The molecule has 0 saturated carbocycles. The van der Waals surface area contributed by atoms with Crippen molar-refractivity contribution in [2.45, 2.75) is 19.4 Å². The van der Waals surface area contributed by atoms with Gasteiger partial charge in [-0.25, -0.2) is 4.79 Å². The van der Waals surface area contributed by atoms with Gasteiger partial charge >= 0.3 is 6.03 Å². The molecule has 2 aromatic carbocycles. The summed E-state index contributed by atoms with van der Waals surface area (Å²) in [6.07, 6.45) is 2.13. The van der Waals surface area contributed by atoms with Gasteiger partial charge < -0.3 is 15.5 Å². The molecule has 6 heteroatoms. The summed E-state index contributed by atoms with van der Waals surface area (Å²) in [5, 5.41) is 5.81. The van der Waals surface area contributed by atoms with Gasteiger partial charge in [-0.05, 0) is 54.8 Å². The quantitative estimate of drug-likeness (QED) is 0.812. The van der Waals surface area contributed by atoms with Gasteiger partial charge in [-0.1, -0.05) is 28.1 Å². The van der Waals surface area contributed by atoms with E-state index in [1.165, 1.54) is 0 Å². The number of hydrogen-bond acceptors (Lipinski definition) is 2. The molecule has 25 heavy (non-hydrogen) atoms. The summed E-state index contributed by atoms with van der Waals surface area (Å²) in [4.78, 5) is 26.1. The summed E-state index contributed by atoms with van der Waals surface area (Å²) >= 11 is 3.35. The highest BCUT2D eigenvalue weighted by molar-refractivity contribution is 9.10. The van der Waals surface area contributed by atoms with Gasteiger partial charge in [-0.2, -0.15) is 0 Å². The second kappa shape index (κ2) is 8.16. The molecular formula is C19H20BrN3O2. The fourth-order valence-electron chi connectivity index (χ4n) is 2.77. The molecule has 2 N–H and O–H groups in total. The van der Waals surface area contributed by atoms with E-state index in [0.717, 1.165) is 41.7 Å². The van der Waals surface area contributed by atoms with Crippen LogP contribution in [0.3, 0.4) is 0 Å². The largest absolute Gasteiger partial charge is 0.348 e. The molecule has 3 rings (SSSR count). The molecule has 130 valence electrons. The summed E-state index contributed by atoms with van der Waals surface area (Å²) < 4.78 is 0.936. The minimum Gasteiger partial charge on any atom is -0.348 e. The minimum atomic E-state index is -0.126. The Labute approximate surface area is 155 Å². The molecule has 1 aliphatic rings. The van der Waals surface area contributed by atoms with Crippen LogP contribution in [0.15, 0.2) is 53.0 Å². The summed E-state index contributed by atoms with van der Waals surface area (Å²) in [6.45, 7) is 2.03. The zero-order valence-corrected chi connectivity index (χ0v) is 15.4. The lowest BCUT2D eigenvalue weighted by Crippen LogP contribution is -2.32. The topological polar surface area (TPSA) is 61.4 Å². The third-order valence-corrected chi connectivity index (χ3v) is 4.66. The maximum Gasteiger partial charge on any atom is 0.321 e. The molecule has 0 atom stereocenters. The Bertz CT molecular complexity index is 756. The van der Waals surface area contributed by atoms with Crippen LogP contribution in [0, 0.1) is 0 Å². The van der Waals surface area contributed by atoms with E-state index in [4.69, 9.17) is 0 Å². The lowest BCUT2D eigenvalue weighted by Gasteiger charge is -2.16. The highest BCUT2D eigenvalue weighted by atomic mass is 79.9. The number of rotatable bonds is 4. The standard InChI is InChI=1S/C19H20BrN3O2/c20-16-8-6-15(7-9-16)18(24)21-13-14-4-3-5-17(12-14)22-19(25)23-10-1-2-11-23/h3-9,12H,1-2,10-11,13H2,(H,21,24)(H,22,25). The van der Waals surface area contributed by atoms with Crippen LogP contribution in [0.25, 0.3) is 0 Å². The molecule has 5 nitrogen and oxygen atoms in total. The number of halogens is 1. The van der Waals surface area contributed by atoms with Gasteiger partial charge in [0.15, 0.2) is 0 Å². The van der Waals surface area contributed by atoms with Crippen molar-refractivity contribution in [2.24, 2.45) is 0 Å². The average Bonchev–Trinajstić information content (AvgIpc) is 3.15. The van der Waals surface area contributed by atoms with Crippen LogP contribution in [0.1, 0.15) is 28.8 Å². The second-order valence-electron chi connectivity index (χ2n) is 6.01. The molecule has 0 aliphatic carbocycles. The molecule has 0 bridgehead atoms. The summed E-state index contributed by atoms with van der Waals surface area (Å²) in [7, 11) is 0.